The molecular weight excluding hydrogens is 953 g/mol. The van der Waals surface area contributed by atoms with Gasteiger partial charge in [-0.1, -0.05) is 199 Å². The molecule has 1 aliphatic rings. The maximum absolute atomic E-state index is 11.3. The molecule has 0 saturated carbocycles. The van der Waals surface area contributed by atoms with Gasteiger partial charge in [0, 0.05) is 64.4 Å². The smallest absolute Gasteiger partial charge is 0.253 e. The van der Waals surface area contributed by atoms with Crippen molar-refractivity contribution in [1.29, 1.82) is 0 Å². The fourth-order valence-electron chi connectivity index (χ4n) is 6.04. The average Bonchev–Trinajstić information content (AvgIpc) is 3.71. The molecule has 0 bridgehead atoms. The summed E-state index contributed by atoms with van der Waals surface area (Å²) in [5.41, 5.74) is 0. The lowest BCUT2D eigenvalue weighted by Crippen LogP contribution is -2.39. The number of imide groups is 1. The Kier molecular flexibility index (Phi) is 89.5. The maximum Gasteiger partial charge on any atom is 0.253 e. The van der Waals surface area contributed by atoms with Crippen LogP contribution in [-0.4, -0.2) is 120 Å². The van der Waals surface area contributed by atoms with E-state index in [9.17, 15) is 19.2 Å². The first-order valence-electron chi connectivity index (χ1n) is 30.2. The fourth-order valence-corrected chi connectivity index (χ4v) is 8.16. The molecule has 0 radical (unpaired) electrons. The van der Waals surface area contributed by atoms with Gasteiger partial charge in [-0.05, 0) is 102 Å². The Hall–Kier alpha value is -1.77. The molecule has 2 atom stereocenters. The molecule has 1 rings (SSSR count). The number of aliphatic hydroxyl groups excluding tert-OH is 2. The highest BCUT2D eigenvalue weighted by Gasteiger charge is 2.23. The lowest BCUT2D eigenvalue weighted by Gasteiger charge is -2.23. The molecule has 0 aromatic carbocycles. The van der Waals surface area contributed by atoms with Gasteiger partial charge < -0.3 is 30.5 Å². The van der Waals surface area contributed by atoms with Gasteiger partial charge in [0.15, 0.2) is 0 Å². The number of carbonyl (C=O) groups is 4. The van der Waals surface area contributed by atoms with Crippen molar-refractivity contribution >= 4 is 44.3 Å². The highest BCUT2D eigenvalue weighted by molar-refractivity contribution is 8.28. The van der Waals surface area contributed by atoms with Gasteiger partial charge in [-0.25, -0.2) is 0 Å². The van der Waals surface area contributed by atoms with Crippen molar-refractivity contribution in [3.8, 4) is 0 Å². The number of hydrogen-bond acceptors (Lipinski definition) is 9. The summed E-state index contributed by atoms with van der Waals surface area (Å²) >= 11 is 5.16. The van der Waals surface area contributed by atoms with Crippen molar-refractivity contribution in [1.82, 2.24) is 20.4 Å². The van der Waals surface area contributed by atoms with Crippen LogP contribution in [0, 0.1) is 0 Å². The third-order valence-corrected chi connectivity index (χ3v) is 13.3. The monoisotopic (exact) mass is 1080 g/mol. The van der Waals surface area contributed by atoms with Crippen LogP contribution in [0.15, 0.2) is 12.2 Å². The van der Waals surface area contributed by atoms with E-state index in [1.54, 1.807) is 0 Å². The Morgan fingerprint density at radius 2 is 0.863 bits per heavy atom. The van der Waals surface area contributed by atoms with Crippen molar-refractivity contribution in [3.63, 3.8) is 0 Å². The number of amides is 4. The first kappa shape index (κ1) is 85.2. The summed E-state index contributed by atoms with van der Waals surface area (Å²) in [7, 11) is 0.313. The average molecular weight is 1080 g/mol. The van der Waals surface area contributed by atoms with Crippen LogP contribution in [0.5, 0.6) is 0 Å². The lowest BCUT2D eigenvalue weighted by atomic mass is 10.1. The lowest BCUT2D eigenvalue weighted by molar-refractivity contribution is -0.137. The van der Waals surface area contributed by atoms with Crippen LogP contribution in [0.25, 0.3) is 0 Å². The predicted octanol–water partition coefficient (Wildman–Crippen LogP) is 14.6. The van der Waals surface area contributed by atoms with E-state index in [0.29, 0.717) is 54.8 Å². The first-order chi connectivity index (χ1) is 35.1. The van der Waals surface area contributed by atoms with E-state index in [1.165, 1.54) is 118 Å². The molecule has 0 aliphatic carbocycles. The molecule has 13 heteroatoms. The minimum Gasteiger partial charge on any atom is -0.390 e. The topological polar surface area (TPSA) is 149 Å². The maximum atomic E-state index is 11.3. The molecule has 4 N–H and O–H groups in total. The summed E-state index contributed by atoms with van der Waals surface area (Å²) in [5.74, 6) is 2.39. The van der Waals surface area contributed by atoms with E-state index in [1.807, 2.05) is 27.7 Å². The number of rotatable bonds is 36. The highest BCUT2D eigenvalue weighted by Crippen LogP contribution is 2.05. The largest absolute Gasteiger partial charge is 0.390 e. The van der Waals surface area contributed by atoms with Crippen molar-refractivity contribution in [2.24, 2.45) is 0 Å². The van der Waals surface area contributed by atoms with Crippen LogP contribution in [0.1, 0.15) is 278 Å². The molecule has 2 unspecified atom stereocenters. The van der Waals surface area contributed by atoms with Gasteiger partial charge in [0.1, 0.15) is 0 Å². The van der Waals surface area contributed by atoms with Gasteiger partial charge >= 0.3 is 0 Å². The van der Waals surface area contributed by atoms with Crippen LogP contribution in [-0.2, 0) is 44.6 Å². The number of carbonyl (C=O) groups excluding carboxylic acids is 4. The van der Waals surface area contributed by atoms with Crippen LogP contribution >= 0.6 is 0 Å². The zero-order chi connectivity index (χ0) is 57.2. The zero-order valence-corrected chi connectivity index (χ0v) is 53.0. The van der Waals surface area contributed by atoms with E-state index >= 15 is 0 Å². The summed E-state index contributed by atoms with van der Waals surface area (Å²) in [6.07, 6.45) is 31.4. The Balaban J connectivity index is -0.000000142. The summed E-state index contributed by atoms with van der Waals surface area (Å²) in [6.45, 7) is 40.5. The van der Waals surface area contributed by atoms with Gasteiger partial charge in [0.05, 0.1) is 12.2 Å². The van der Waals surface area contributed by atoms with Gasteiger partial charge in [0.25, 0.3) is 11.8 Å². The summed E-state index contributed by atoms with van der Waals surface area (Å²) in [6, 6.07) is 0. The molecular formula is C60H128N4O7S2. The molecule has 0 aromatic heterocycles. The number of ether oxygens (including phenoxy) is 1. The van der Waals surface area contributed by atoms with Crippen molar-refractivity contribution < 1.29 is 34.1 Å². The highest BCUT2D eigenvalue weighted by atomic mass is 32.8. The Morgan fingerprint density at radius 1 is 0.507 bits per heavy atom. The van der Waals surface area contributed by atoms with Crippen molar-refractivity contribution in [3.05, 3.63) is 12.2 Å². The zero-order valence-electron chi connectivity index (χ0n) is 51.4. The molecule has 1 aliphatic heterocycles. The number of unbranched alkanes of at least 4 members (excludes halogenated alkanes) is 10. The van der Waals surface area contributed by atoms with Crippen LogP contribution in [0.4, 0.5) is 0 Å². The molecule has 73 heavy (non-hydrogen) atoms. The quantitative estimate of drug-likeness (QED) is 0.0355. The van der Waals surface area contributed by atoms with E-state index < -0.39 is 12.2 Å². The molecule has 442 valence electrons. The second-order valence-electron chi connectivity index (χ2n) is 18.4. The third kappa shape index (κ3) is 79.2. The first-order valence-corrected chi connectivity index (χ1v) is 32.6. The fraction of sp³-hybridized carbons (Fsp3) is 0.900. The SMILES string of the molecule is CCC(O)C(O)CC.CCCC.CCCC(=O)NCCCCNC(=O)CCC.CCCCCC.CCCCCCCC.CCCN(CCC)CCN1C(=O)C=CC1=O.CCCOCCC.CCCS(=S)CCC. The number of aliphatic hydroxyl groups is 2. The summed E-state index contributed by atoms with van der Waals surface area (Å²) in [4.78, 5) is 48.4. The number of nitrogens with zero attached hydrogens (tertiary/aromatic N) is 2. The Labute approximate surface area is 462 Å². The van der Waals surface area contributed by atoms with E-state index in [0.717, 1.165) is 84.2 Å². The van der Waals surface area contributed by atoms with Crippen molar-refractivity contribution in [2.75, 3.05) is 64.0 Å². The standard InChI is InChI=1S/C12H20N2O2.C12H24N2O2.C8H18.C6H14O2.C6H14O.C6H14S2.C6H14.C4H10/c1-3-7-13(8-4-2)9-10-14-11(15)5-6-12(14)16;1-3-7-11(15)13-9-5-6-10-14-12(16)8-4-2;1-3-5-7-8-6-4-2;1-3-5(7)6(8)4-2;1-3-5-7-6-4-2;1-3-5-8(7)6-4-2;1-3-5-6-4-2;1-3-4-2/h5-6H,3-4,7-10H2,1-2H3;3-10H2,1-2H3,(H,13,15)(H,14,16);3-8H2,1-2H3;5-8H,3-4H2,1-2H3;3-6H2,1-2H3;3-6H2,1-2H3;3-6H2,1-2H3;3-4H2,1-2H3. The third-order valence-electron chi connectivity index (χ3n) is 10.6. The minimum absolute atomic E-state index is 0.123. The Morgan fingerprint density at radius 3 is 1.14 bits per heavy atom. The van der Waals surface area contributed by atoms with E-state index in [-0.39, 0.29) is 23.6 Å². The van der Waals surface area contributed by atoms with Gasteiger partial charge in [-0.15, -0.1) is 9.45 Å². The molecule has 0 fully saturated rings. The van der Waals surface area contributed by atoms with Gasteiger partial charge in [0.2, 0.25) is 11.8 Å². The van der Waals surface area contributed by atoms with E-state index in [4.69, 9.17) is 26.1 Å². The molecule has 11 nitrogen and oxygen atoms in total. The van der Waals surface area contributed by atoms with Gasteiger partial charge in [-0.2, -0.15) is 0 Å². The van der Waals surface area contributed by atoms with Crippen LogP contribution in [0.2, 0.25) is 0 Å². The molecule has 4 amide bonds. The molecule has 0 spiro atoms. The summed E-state index contributed by atoms with van der Waals surface area (Å²) < 4.78 is 5.13. The van der Waals surface area contributed by atoms with Crippen LogP contribution < -0.4 is 10.6 Å². The molecule has 0 saturated heterocycles. The second-order valence-corrected chi connectivity index (χ2v) is 21.6. The van der Waals surface area contributed by atoms with Crippen LogP contribution in [0.3, 0.4) is 0 Å². The predicted molar refractivity (Wildman–Crippen MR) is 326 cm³/mol. The van der Waals surface area contributed by atoms with Gasteiger partial charge in [-0.3, -0.25) is 24.1 Å². The number of hydrogen-bond donors (Lipinski definition) is 4. The molecule has 1 heterocycles. The minimum atomic E-state index is -0.528. The van der Waals surface area contributed by atoms with E-state index in [2.05, 4.69) is 98.6 Å². The summed E-state index contributed by atoms with van der Waals surface area (Å²) in [5, 5.41) is 23.4. The number of nitrogens with one attached hydrogen (secondary N) is 2. The second kappa shape index (κ2) is 76.7. The van der Waals surface area contributed by atoms with Crippen molar-refractivity contribution in [2.45, 2.75) is 290 Å². The Bertz CT molecular complexity index is 1070. The molecule has 0 aromatic rings. The normalized spacial score (nSPS) is 11.8.